The zero-order valence-electron chi connectivity index (χ0n) is 18.7. The molecule has 32 heavy (non-hydrogen) atoms. The minimum atomic E-state index is -0.561. The third kappa shape index (κ3) is 3.32. The Morgan fingerprint density at radius 3 is 2.69 bits per heavy atom. The standard InChI is InChI=1S/C25H27N3O4/c1-4-28-16(2)26-20-13-17(5-8-21(20)28)24(30)27-11-9-25(10-12-27)15-22(29)19-7-6-18(31-3)14-23(19)32-25/h5-8,13-14H,4,9-12,15H2,1-3H3. The van der Waals surface area contributed by atoms with Crippen LogP contribution in [0.1, 0.15) is 52.7 Å². The van der Waals surface area contributed by atoms with Gasteiger partial charge in [-0.3, -0.25) is 9.59 Å². The van der Waals surface area contributed by atoms with Gasteiger partial charge in [0.1, 0.15) is 22.9 Å². The number of methoxy groups -OCH3 is 1. The second-order valence-electron chi connectivity index (χ2n) is 8.65. The van der Waals surface area contributed by atoms with Crippen LogP contribution in [-0.2, 0) is 6.54 Å². The summed E-state index contributed by atoms with van der Waals surface area (Å²) < 4.78 is 13.8. The summed E-state index contributed by atoms with van der Waals surface area (Å²) in [6.45, 7) is 6.01. The van der Waals surface area contributed by atoms with Gasteiger partial charge in [0.05, 0.1) is 30.1 Å². The van der Waals surface area contributed by atoms with Gasteiger partial charge in [-0.25, -0.2) is 4.98 Å². The number of nitrogens with zero attached hydrogens (tertiary/aromatic N) is 3. The molecular formula is C25H27N3O4. The number of carbonyl (C=O) groups is 2. The number of aromatic nitrogens is 2. The Kier molecular flexibility index (Phi) is 4.92. The summed E-state index contributed by atoms with van der Waals surface area (Å²) >= 11 is 0. The summed E-state index contributed by atoms with van der Waals surface area (Å²) in [6, 6.07) is 11.1. The van der Waals surface area contributed by atoms with Crippen molar-refractivity contribution < 1.29 is 19.1 Å². The number of aryl methyl sites for hydroxylation is 2. The normalized spacial score (nSPS) is 17.3. The number of rotatable bonds is 3. The Morgan fingerprint density at radius 2 is 1.97 bits per heavy atom. The number of ketones is 1. The molecule has 1 fully saturated rings. The van der Waals surface area contributed by atoms with Gasteiger partial charge in [-0.05, 0) is 44.2 Å². The SMILES string of the molecule is CCn1c(C)nc2cc(C(=O)N3CCC4(CC3)CC(=O)c3ccc(OC)cc3O4)ccc21. The highest BCUT2D eigenvalue weighted by molar-refractivity contribution is 6.01. The number of ether oxygens (including phenoxy) is 2. The third-order valence-electron chi connectivity index (χ3n) is 6.76. The van der Waals surface area contributed by atoms with E-state index in [2.05, 4.69) is 16.5 Å². The van der Waals surface area contributed by atoms with Gasteiger partial charge in [-0.2, -0.15) is 0 Å². The van der Waals surface area contributed by atoms with E-state index in [0.717, 1.165) is 23.4 Å². The molecule has 0 bridgehead atoms. The van der Waals surface area contributed by atoms with Crippen molar-refractivity contribution in [2.75, 3.05) is 20.2 Å². The maximum absolute atomic E-state index is 13.2. The highest BCUT2D eigenvalue weighted by Crippen LogP contribution is 2.41. The van der Waals surface area contributed by atoms with E-state index in [1.165, 1.54) is 0 Å². The summed E-state index contributed by atoms with van der Waals surface area (Å²) in [5.74, 6) is 2.27. The van der Waals surface area contributed by atoms with E-state index in [1.54, 1.807) is 25.3 Å². The van der Waals surface area contributed by atoms with Crippen molar-refractivity contribution in [2.45, 2.75) is 45.3 Å². The lowest BCUT2D eigenvalue weighted by Gasteiger charge is -2.44. The van der Waals surface area contributed by atoms with Gasteiger partial charge in [0.25, 0.3) is 5.91 Å². The van der Waals surface area contributed by atoms with Crippen molar-refractivity contribution in [1.82, 2.24) is 14.5 Å². The number of hydrogen-bond acceptors (Lipinski definition) is 5. The Bertz CT molecular complexity index is 1220. The Hall–Kier alpha value is -3.35. The first-order valence-corrected chi connectivity index (χ1v) is 11.1. The fraction of sp³-hybridized carbons (Fsp3) is 0.400. The van der Waals surface area contributed by atoms with Crippen LogP contribution >= 0.6 is 0 Å². The van der Waals surface area contributed by atoms with E-state index in [0.29, 0.717) is 55.0 Å². The van der Waals surface area contributed by atoms with Crippen molar-refractivity contribution in [3.05, 3.63) is 53.3 Å². The molecular weight excluding hydrogens is 406 g/mol. The van der Waals surface area contributed by atoms with Crippen LogP contribution in [0.15, 0.2) is 36.4 Å². The van der Waals surface area contributed by atoms with E-state index in [-0.39, 0.29) is 11.7 Å². The zero-order chi connectivity index (χ0) is 22.5. The second-order valence-corrected chi connectivity index (χ2v) is 8.65. The lowest BCUT2D eigenvalue weighted by atomic mass is 9.82. The first-order chi connectivity index (χ1) is 15.4. The monoisotopic (exact) mass is 433 g/mol. The summed E-state index contributed by atoms with van der Waals surface area (Å²) in [7, 11) is 1.59. The van der Waals surface area contributed by atoms with Crippen LogP contribution in [0.2, 0.25) is 0 Å². The zero-order valence-corrected chi connectivity index (χ0v) is 18.7. The maximum atomic E-state index is 13.2. The van der Waals surface area contributed by atoms with E-state index in [1.807, 2.05) is 30.0 Å². The van der Waals surface area contributed by atoms with Gasteiger partial charge in [0.15, 0.2) is 5.78 Å². The van der Waals surface area contributed by atoms with E-state index < -0.39 is 5.60 Å². The number of fused-ring (bicyclic) bond motifs is 2. The van der Waals surface area contributed by atoms with Gasteiger partial charge >= 0.3 is 0 Å². The van der Waals surface area contributed by atoms with Crippen LogP contribution in [0.4, 0.5) is 0 Å². The third-order valence-corrected chi connectivity index (χ3v) is 6.76. The summed E-state index contributed by atoms with van der Waals surface area (Å²) in [5, 5.41) is 0. The van der Waals surface area contributed by atoms with Gasteiger partial charge in [0, 0.05) is 44.1 Å². The van der Waals surface area contributed by atoms with Crippen LogP contribution in [0.3, 0.4) is 0 Å². The average Bonchev–Trinajstić information content (AvgIpc) is 3.12. The Labute approximate surface area is 186 Å². The van der Waals surface area contributed by atoms with Crippen molar-refractivity contribution in [2.24, 2.45) is 0 Å². The number of Topliss-reactive ketones (excluding diaryl/α,β-unsaturated/α-hetero) is 1. The van der Waals surface area contributed by atoms with E-state index >= 15 is 0 Å². The molecule has 1 amide bonds. The molecule has 2 aliphatic rings. The van der Waals surface area contributed by atoms with Crippen molar-refractivity contribution in [1.29, 1.82) is 0 Å². The summed E-state index contributed by atoms with van der Waals surface area (Å²) in [6.07, 6.45) is 1.58. The predicted molar refractivity (Wildman–Crippen MR) is 121 cm³/mol. The molecule has 3 heterocycles. The Balaban J connectivity index is 1.33. The molecule has 2 aromatic carbocycles. The predicted octanol–water partition coefficient (Wildman–Crippen LogP) is 4.01. The van der Waals surface area contributed by atoms with E-state index in [4.69, 9.17) is 9.47 Å². The number of imidazole rings is 1. The highest BCUT2D eigenvalue weighted by Gasteiger charge is 2.43. The molecule has 1 saturated heterocycles. The molecule has 0 N–H and O–H groups in total. The number of amides is 1. The quantitative estimate of drug-likeness (QED) is 0.624. The highest BCUT2D eigenvalue weighted by atomic mass is 16.5. The van der Waals surface area contributed by atoms with Gasteiger partial charge in [0.2, 0.25) is 0 Å². The molecule has 7 heteroatoms. The lowest BCUT2D eigenvalue weighted by molar-refractivity contribution is -0.00580. The molecule has 0 saturated carbocycles. The molecule has 0 radical (unpaired) electrons. The molecule has 0 aliphatic carbocycles. The maximum Gasteiger partial charge on any atom is 0.253 e. The molecule has 7 nitrogen and oxygen atoms in total. The molecule has 2 aliphatic heterocycles. The number of likely N-dealkylation sites (tertiary alicyclic amines) is 1. The first-order valence-electron chi connectivity index (χ1n) is 11.1. The molecule has 1 aromatic heterocycles. The lowest BCUT2D eigenvalue weighted by Crippen LogP contribution is -2.52. The van der Waals surface area contributed by atoms with Crippen molar-refractivity contribution in [3.8, 4) is 11.5 Å². The van der Waals surface area contributed by atoms with Crippen molar-refractivity contribution in [3.63, 3.8) is 0 Å². The van der Waals surface area contributed by atoms with Crippen LogP contribution in [0, 0.1) is 6.92 Å². The van der Waals surface area contributed by atoms with Gasteiger partial charge < -0.3 is 18.9 Å². The van der Waals surface area contributed by atoms with Crippen LogP contribution in [-0.4, -0.2) is 51.9 Å². The largest absolute Gasteiger partial charge is 0.497 e. The fourth-order valence-electron chi connectivity index (χ4n) is 4.96. The van der Waals surface area contributed by atoms with Gasteiger partial charge in [-0.15, -0.1) is 0 Å². The Morgan fingerprint density at radius 1 is 1.19 bits per heavy atom. The fourth-order valence-corrected chi connectivity index (χ4v) is 4.96. The van der Waals surface area contributed by atoms with Crippen LogP contribution in [0.25, 0.3) is 11.0 Å². The number of hydrogen-bond donors (Lipinski definition) is 0. The number of benzene rings is 2. The number of piperidine rings is 1. The topological polar surface area (TPSA) is 73.7 Å². The van der Waals surface area contributed by atoms with E-state index in [9.17, 15) is 9.59 Å². The van der Waals surface area contributed by atoms with Crippen molar-refractivity contribution >= 4 is 22.7 Å². The molecule has 0 unspecified atom stereocenters. The van der Waals surface area contributed by atoms with Gasteiger partial charge in [-0.1, -0.05) is 0 Å². The summed E-state index contributed by atoms with van der Waals surface area (Å²) in [5.41, 5.74) is 2.57. The summed E-state index contributed by atoms with van der Waals surface area (Å²) in [4.78, 5) is 32.4. The smallest absolute Gasteiger partial charge is 0.253 e. The second kappa shape index (κ2) is 7.65. The molecule has 1 spiro atoms. The minimum absolute atomic E-state index is 0.00495. The first kappa shape index (κ1) is 20.5. The molecule has 0 atom stereocenters. The number of carbonyl (C=O) groups excluding carboxylic acids is 2. The molecule has 166 valence electrons. The molecule has 3 aromatic rings. The van der Waals surface area contributed by atoms with Crippen LogP contribution in [0.5, 0.6) is 11.5 Å². The average molecular weight is 434 g/mol. The molecule has 5 rings (SSSR count). The van der Waals surface area contributed by atoms with Crippen LogP contribution < -0.4 is 9.47 Å². The minimum Gasteiger partial charge on any atom is -0.497 e.